The topological polar surface area (TPSA) is 223 Å². The second-order valence-electron chi connectivity index (χ2n) is 24.3. The van der Waals surface area contributed by atoms with E-state index >= 15 is 0 Å². The van der Waals surface area contributed by atoms with E-state index in [0.717, 1.165) is 31.3 Å². The number of aliphatic hydroxyl groups excluding tert-OH is 2. The van der Waals surface area contributed by atoms with Gasteiger partial charge in [0.25, 0.3) is 0 Å². The van der Waals surface area contributed by atoms with Gasteiger partial charge < -0.3 is 56.2 Å². The van der Waals surface area contributed by atoms with E-state index in [4.69, 9.17) is 5.11 Å². The maximum absolute atomic E-state index is 11.1. The standard InChI is InChI=1S/C55H108O11/c1-44(2)23-13-26-47(4,58)28-16-30-49(6,60)32-18-34-51(8,62)36-20-38-53(10,64)40-22-41-54(11,65)39-21-37-52(9,63)35-19-33-50(7,61)31-17-29-48(5,59)27-14-24-45(3)25-15-42-55(12,66)46(57)43-56/h23,25,46,56-66H,13-22,24,26-43H2,1-12H3/b45-25+/t46-,47-,48+,49-,50+,51-,52+,53-,54+,55-/m1/s1. The van der Waals surface area contributed by atoms with E-state index in [1.807, 2.05) is 68.4 Å². The lowest BCUT2D eigenvalue weighted by molar-refractivity contribution is -0.0866. The van der Waals surface area contributed by atoms with Crippen molar-refractivity contribution in [2.75, 3.05) is 6.61 Å². The van der Waals surface area contributed by atoms with Crippen molar-refractivity contribution in [3.63, 3.8) is 0 Å². The molecule has 0 saturated carbocycles. The van der Waals surface area contributed by atoms with Crippen molar-refractivity contribution in [3.8, 4) is 0 Å². The minimum absolute atomic E-state index is 0.344. The van der Waals surface area contributed by atoms with Crippen molar-refractivity contribution in [1.82, 2.24) is 0 Å². The average Bonchev–Trinajstić information content (AvgIpc) is 3.12. The summed E-state index contributed by atoms with van der Waals surface area (Å²) in [6, 6.07) is 0. The van der Waals surface area contributed by atoms with Gasteiger partial charge in [-0.3, -0.25) is 0 Å². The van der Waals surface area contributed by atoms with Gasteiger partial charge in [-0.25, -0.2) is 0 Å². The van der Waals surface area contributed by atoms with Gasteiger partial charge >= 0.3 is 0 Å². The predicted molar refractivity (Wildman–Crippen MR) is 271 cm³/mol. The predicted octanol–water partition coefficient (Wildman–Crippen LogP) is 9.93. The van der Waals surface area contributed by atoms with Gasteiger partial charge in [-0.1, -0.05) is 23.3 Å². The van der Waals surface area contributed by atoms with Gasteiger partial charge in [-0.15, -0.1) is 0 Å². The van der Waals surface area contributed by atoms with E-state index in [0.29, 0.717) is 154 Å². The Kier molecular flexibility index (Phi) is 29.0. The molecule has 11 nitrogen and oxygen atoms in total. The molecule has 394 valence electrons. The van der Waals surface area contributed by atoms with Crippen molar-refractivity contribution < 1.29 is 56.2 Å². The van der Waals surface area contributed by atoms with Crippen molar-refractivity contribution in [2.45, 2.75) is 319 Å². The van der Waals surface area contributed by atoms with Gasteiger partial charge in [-0.05, 0) is 263 Å². The summed E-state index contributed by atoms with van der Waals surface area (Å²) < 4.78 is 0. The van der Waals surface area contributed by atoms with Gasteiger partial charge in [0.2, 0.25) is 0 Å². The highest BCUT2D eigenvalue weighted by Gasteiger charge is 2.32. The molecule has 0 radical (unpaired) electrons. The molecule has 66 heavy (non-hydrogen) atoms. The monoisotopic (exact) mass is 945 g/mol. The summed E-state index contributed by atoms with van der Waals surface area (Å²) in [5.41, 5.74) is -5.94. The molecule has 0 aromatic heterocycles. The summed E-state index contributed by atoms with van der Waals surface area (Å²) in [6.07, 6.45) is 20.3. The lowest BCUT2D eigenvalue weighted by Crippen LogP contribution is -2.41. The molecule has 0 aliphatic heterocycles. The highest BCUT2D eigenvalue weighted by atomic mass is 16.4. The molecule has 0 aliphatic carbocycles. The van der Waals surface area contributed by atoms with Crippen molar-refractivity contribution in [1.29, 1.82) is 0 Å². The van der Waals surface area contributed by atoms with E-state index in [-0.39, 0.29) is 0 Å². The van der Waals surface area contributed by atoms with E-state index in [1.165, 1.54) is 12.5 Å². The van der Waals surface area contributed by atoms with Crippen LogP contribution in [0.25, 0.3) is 0 Å². The van der Waals surface area contributed by atoms with Crippen LogP contribution in [0, 0.1) is 0 Å². The summed E-state index contributed by atoms with van der Waals surface area (Å²) in [4.78, 5) is 0. The Morgan fingerprint density at radius 3 is 0.818 bits per heavy atom. The van der Waals surface area contributed by atoms with Gasteiger partial charge in [0.05, 0.1) is 57.0 Å². The molecule has 0 saturated heterocycles. The number of aliphatic hydroxyl groups is 11. The molecule has 10 atom stereocenters. The quantitative estimate of drug-likeness (QED) is 0.0260. The molecule has 0 amide bonds. The second kappa shape index (κ2) is 29.4. The Labute approximate surface area is 404 Å². The summed E-state index contributed by atoms with van der Waals surface area (Å²) in [7, 11) is 0. The minimum Gasteiger partial charge on any atom is -0.394 e. The van der Waals surface area contributed by atoms with Crippen LogP contribution in [-0.2, 0) is 0 Å². The maximum atomic E-state index is 11.1. The second-order valence-corrected chi connectivity index (χ2v) is 24.3. The van der Waals surface area contributed by atoms with Crippen LogP contribution in [0.15, 0.2) is 23.3 Å². The van der Waals surface area contributed by atoms with E-state index < -0.39 is 63.1 Å². The normalized spacial score (nSPS) is 21.4. The highest BCUT2D eigenvalue weighted by molar-refractivity contribution is 5.00. The smallest absolute Gasteiger partial charge is 0.105 e. The fourth-order valence-corrected chi connectivity index (χ4v) is 9.45. The summed E-state index contributed by atoms with van der Waals surface area (Å²) >= 11 is 0. The summed E-state index contributed by atoms with van der Waals surface area (Å²) in [6.45, 7) is 21.8. The van der Waals surface area contributed by atoms with Gasteiger partial charge in [0.15, 0.2) is 0 Å². The third-order valence-electron chi connectivity index (χ3n) is 14.6. The molecule has 0 unspecified atom stereocenters. The third-order valence-corrected chi connectivity index (χ3v) is 14.6. The molecular formula is C55H108O11. The first-order chi connectivity index (χ1) is 29.9. The lowest BCUT2D eigenvalue weighted by atomic mass is 9.83. The zero-order valence-corrected chi connectivity index (χ0v) is 44.7. The van der Waals surface area contributed by atoms with Crippen molar-refractivity contribution in [2.24, 2.45) is 0 Å². The molecule has 0 heterocycles. The van der Waals surface area contributed by atoms with Crippen LogP contribution in [0.4, 0.5) is 0 Å². The zero-order chi connectivity index (χ0) is 51.2. The van der Waals surface area contributed by atoms with Crippen LogP contribution >= 0.6 is 0 Å². The largest absolute Gasteiger partial charge is 0.394 e. The Hall–Kier alpha value is -0.960. The number of hydrogen-bond acceptors (Lipinski definition) is 11. The Balaban J connectivity index is 4.45. The Morgan fingerprint density at radius 1 is 0.348 bits per heavy atom. The molecule has 0 rings (SSSR count). The SMILES string of the molecule is CC(C)=CCC[C@@](C)(O)CCC[C@@](C)(O)CCC[C@@](C)(O)CCC[C@@](C)(O)CCC[C@@](C)(O)CCC[C@@](C)(O)CCC[C@@](C)(O)CCC[C@@](C)(O)CCC/C(C)=C/CC[C@@](C)(O)[C@H](O)CO. The van der Waals surface area contributed by atoms with Crippen LogP contribution < -0.4 is 0 Å². The third kappa shape index (κ3) is 34.4. The molecular weight excluding hydrogens is 837 g/mol. The fraction of sp³-hybridized carbons (Fsp3) is 0.927. The number of rotatable bonds is 40. The van der Waals surface area contributed by atoms with E-state index in [1.54, 1.807) is 0 Å². The van der Waals surface area contributed by atoms with Crippen LogP contribution in [0.3, 0.4) is 0 Å². The Bertz CT molecular complexity index is 1350. The van der Waals surface area contributed by atoms with E-state index in [9.17, 15) is 51.1 Å². The van der Waals surface area contributed by atoms with Gasteiger partial charge in [0.1, 0.15) is 6.10 Å². The van der Waals surface area contributed by atoms with Crippen LogP contribution in [0.2, 0.25) is 0 Å². The number of hydrogen-bond donors (Lipinski definition) is 11. The minimum atomic E-state index is -1.34. The number of allylic oxidation sites excluding steroid dienone is 4. The molecule has 0 aromatic carbocycles. The summed E-state index contributed by atoms with van der Waals surface area (Å²) in [5, 5.41) is 117. The average molecular weight is 945 g/mol. The van der Waals surface area contributed by atoms with Crippen LogP contribution in [0.5, 0.6) is 0 Å². The maximum Gasteiger partial charge on any atom is 0.105 e. The first-order valence-corrected chi connectivity index (χ1v) is 26.0. The molecule has 0 fully saturated rings. The molecule has 0 bridgehead atoms. The zero-order valence-electron chi connectivity index (χ0n) is 44.7. The summed E-state index contributed by atoms with van der Waals surface area (Å²) in [5.74, 6) is 0. The highest BCUT2D eigenvalue weighted by Crippen LogP contribution is 2.33. The first-order valence-electron chi connectivity index (χ1n) is 26.0. The van der Waals surface area contributed by atoms with Gasteiger partial charge in [0, 0.05) is 0 Å². The van der Waals surface area contributed by atoms with Crippen molar-refractivity contribution >= 4 is 0 Å². The van der Waals surface area contributed by atoms with Gasteiger partial charge in [-0.2, -0.15) is 0 Å². The lowest BCUT2D eigenvalue weighted by Gasteiger charge is -2.31. The fourth-order valence-electron chi connectivity index (χ4n) is 9.45. The van der Waals surface area contributed by atoms with Crippen LogP contribution in [0.1, 0.15) is 263 Å². The van der Waals surface area contributed by atoms with Crippen LogP contribution in [-0.4, -0.2) is 119 Å². The van der Waals surface area contributed by atoms with Crippen molar-refractivity contribution in [3.05, 3.63) is 23.3 Å². The molecule has 11 heteroatoms. The molecule has 0 aliphatic rings. The molecule has 0 spiro atoms. The molecule has 0 aromatic rings. The Morgan fingerprint density at radius 2 is 0.576 bits per heavy atom. The molecule has 11 N–H and O–H groups in total. The first kappa shape index (κ1) is 65.0. The van der Waals surface area contributed by atoms with E-state index in [2.05, 4.69) is 19.9 Å².